The van der Waals surface area contributed by atoms with Gasteiger partial charge in [0.25, 0.3) is 10.2 Å². The SMILES string of the molecule is CCCNS(=O)(=O)Nc1ccc(F)c(C(N)=S)c1. The molecular weight excluding hydrogens is 277 g/mol. The number of halogens is 1. The standard InChI is InChI=1S/C10H14FN3O2S2/c1-2-5-13-18(15,16)14-7-3-4-9(11)8(6-7)10(12)17/h3-4,6,13-14H,2,5H2,1H3,(H2,12,17). The van der Waals surface area contributed by atoms with E-state index < -0.39 is 16.0 Å². The first-order chi connectivity index (χ1) is 8.35. The Morgan fingerprint density at radius 2 is 2.17 bits per heavy atom. The summed E-state index contributed by atoms with van der Waals surface area (Å²) in [6.07, 6.45) is 0.669. The molecule has 0 bridgehead atoms. The van der Waals surface area contributed by atoms with Crippen LogP contribution in [-0.4, -0.2) is 20.0 Å². The molecule has 8 heteroatoms. The first-order valence-corrected chi connectivity index (χ1v) is 7.11. The average molecular weight is 291 g/mol. The number of nitrogens with two attached hydrogens (primary N) is 1. The summed E-state index contributed by atoms with van der Waals surface area (Å²) in [5.41, 5.74) is 5.52. The highest BCUT2D eigenvalue weighted by atomic mass is 32.2. The summed E-state index contributed by atoms with van der Waals surface area (Å²) in [6.45, 7) is 2.16. The maximum Gasteiger partial charge on any atom is 0.299 e. The fourth-order valence-electron chi connectivity index (χ4n) is 1.21. The second-order valence-corrected chi connectivity index (χ2v) is 5.50. The van der Waals surface area contributed by atoms with E-state index in [0.717, 1.165) is 6.07 Å². The summed E-state index contributed by atoms with van der Waals surface area (Å²) in [7, 11) is -3.66. The summed E-state index contributed by atoms with van der Waals surface area (Å²) in [5.74, 6) is -0.591. The zero-order valence-electron chi connectivity index (χ0n) is 9.73. The molecule has 5 nitrogen and oxygen atoms in total. The predicted octanol–water partition coefficient (Wildman–Crippen LogP) is 1.12. The number of benzene rings is 1. The second-order valence-electron chi connectivity index (χ2n) is 3.56. The molecule has 0 saturated carbocycles. The van der Waals surface area contributed by atoms with E-state index in [9.17, 15) is 12.8 Å². The lowest BCUT2D eigenvalue weighted by atomic mass is 10.2. The molecule has 0 amide bonds. The number of thiocarbonyl (C=S) groups is 1. The van der Waals surface area contributed by atoms with Crippen LogP contribution in [-0.2, 0) is 10.2 Å². The van der Waals surface area contributed by atoms with Crippen molar-refractivity contribution in [3.8, 4) is 0 Å². The van der Waals surface area contributed by atoms with Gasteiger partial charge in [-0.05, 0) is 24.6 Å². The molecule has 0 aliphatic carbocycles. The molecule has 0 saturated heterocycles. The van der Waals surface area contributed by atoms with Gasteiger partial charge in [0, 0.05) is 12.1 Å². The number of rotatable bonds is 6. The quantitative estimate of drug-likeness (QED) is 0.686. The summed E-state index contributed by atoms with van der Waals surface area (Å²) in [5, 5.41) is 0. The smallest absolute Gasteiger partial charge is 0.299 e. The molecule has 4 N–H and O–H groups in total. The van der Waals surface area contributed by atoms with E-state index in [-0.39, 0.29) is 16.2 Å². The van der Waals surface area contributed by atoms with Crippen LogP contribution in [0, 0.1) is 5.82 Å². The Bertz CT molecular complexity index is 546. The van der Waals surface area contributed by atoms with Crippen LogP contribution in [0.3, 0.4) is 0 Å². The Morgan fingerprint density at radius 1 is 1.50 bits per heavy atom. The highest BCUT2D eigenvalue weighted by Gasteiger charge is 2.11. The number of anilines is 1. The van der Waals surface area contributed by atoms with Gasteiger partial charge in [0.1, 0.15) is 10.8 Å². The van der Waals surface area contributed by atoms with Crippen molar-refractivity contribution in [3.05, 3.63) is 29.6 Å². The van der Waals surface area contributed by atoms with Crippen LogP contribution in [0.5, 0.6) is 0 Å². The van der Waals surface area contributed by atoms with Crippen LogP contribution in [0.4, 0.5) is 10.1 Å². The van der Waals surface area contributed by atoms with Crippen LogP contribution < -0.4 is 15.2 Å². The third kappa shape index (κ3) is 4.21. The van der Waals surface area contributed by atoms with Crippen LogP contribution in [0.1, 0.15) is 18.9 Å². The zero-order chi connectivity index (χ0) is 13.8. The van der Waals surface area contributed by atoms with E-state index in [1.54, 1.807) is 0 Å². The topological polar surface area (TPSA) is 84.2 Å². The first kappa shape index (κ1) is 14.8. The van der Waals surface area contributed by atoms with Crippen LogP contribution in [0.25, 0.3) is 0 Å². The normalized spacial score (nSPS) is 11.2. The van der Waals surface area contributed by atoms with Gasteiger partial charge >= 0.3 is 0 Å². The molecule has 0 heterocycles. The highest BCUT2D eigenvalue weighted by molar-refractivity contribution is 7.90. The van der Waals surface area contributed by atoms with Crippen LogP contribution in [0.2, 0.25) is 0 Å². The largest absolute Gasteiger partial charge is 0.389 e. The molecule has 0 radical (unpaired) electrons. The van der Waals surface area contributed by atoms with Gasteiger partial charge in [-0.1, -0.05) is 19.1 Å². The molecule has 0 aliphatic heterocycles. The van der Waals surface area contributed by atoms with E-state index in [1.165, 1.54) is 12.1 Å². The van der Waals surface area contributed by atoms with Gasteiger partial charge in [0.05, 0.1) is 5.69 Å². The maximum atomic E-state index is 13.3. The van der Waals surface area contributed by atoms with Gasteiger partial charge in [-0.15, -0.1) is 0 Å². The lowest BCUT2D eigenvalue weighted by molar-refractivity contribution is 0.586. The van der Waals surface area contributed by atoms with E-state index >= 15 is 0 Å². The Morgan fingerprint density at radius 3 is 2.72 bits per heavy atom. The van der Waals surface area contributed by atoms with E-state index in [1.807, 2.05) is 6.92 Å². The monoisotopic (exact) mass is 291 g/mol. The molecule has 0 fully saturated rings. The predicted molar refractivity (Wildman–Crippen MR) is 73.1 cm³/mol. The summed E-state index contributed by atoms with van der Waals surface area (Å²) < 4.78 is 41.0. The van der Waals surface area contributed by atoms with Crippen molar-refractivity contribution < 1.29 is 12.8 Å². The molecule has 1 aromatic carbocycles. The molecule has 0 spiro atoms. The lowest BCUT2D eigenvalue weighted by Gasteiger charge is -2.10. The molecule has 18 heavy (non-hydrogen) atoms. The van der Waals surface area contributed by atoms with Gasteiger partial charge in [-0.3, -0.25) is 4.72 Å². The van der Waals surface area contributed by atoms with Crippen LogP contribution >= 0.6 is 12.2 Å². The van der Waals surface area contributed by atoms with Crippen molar-refractivity contribution in [2.45, 2.75) is 13.3 Å². The molecule has 0 atom stereocenters. The van der Waals surface area contributed by atoms with Gasteiger partial charge in [-0.25, -0.2) is 4.39 Å². The fourth-order valence-corrected chi connectivity index (χ4v) is 2.34. The minimum atomic E-state index is -3.66. The van der Waals surface area contributed by atoms with Crippen molar-refractivity contribution in [2.75, 3.05) is 11.3 Å². The summed E-state index contributed by atoms with van der Waals surface area (Å²) in [6, 6.07) is 3.65. The molecule has 0 unspecified atom stereocenters. The minimum absolute atomic E-state index is 0.000640. The van der Waals surface area contributed by atoms with Crippen molar-refractivity contribution in [1.29, 1.82) is 0 Å². The third-order valence-corrected chi connectivity index (χ3v) is 3.33. The molecule has 0 aliphatic rings. The second kappa shape index (κ2) is 6.07. The summed E-state index contributed by atoms with van der Waals surface area (Å²) in [4.78, 5) is -0.130. The Hall–Kier alpha value is -1.25. The molecule has 100 valence electrons. The fraction of sp³-hybridized carbons (Fsp3) is 0.300. The Kier molecular flexibility index (Phi) is 5.00. The first-order valence-electron chi connectivity index (χ1n) is 5.22. The molecule has 1 aromatic rings. The molecule has 1 rings (SSSR count). The zero-order valence-corrected chi connectivity index (χ0v) is 11.4. The van der Waals surface area contributed by atoms with Crippen molar-refractivity contribution in [3.63, 3.8) is 0 Å². The molecular formula is C10H14FN3O2S2. The van der Waals surface area contributed by atoms with Crippen LogP contribution in [0.15, 0.2) is 18.2 Å². The minimum Gasteiger partial charge on any atom is -0.389 e. The highest BCUT2D eigenvalue weighted by Crippen LogP contribution is 2.15. The van der Waals surface area contributed by atoms with Gasteiger partial charge < -0.3 is 5.73 Å². The average Bonchev–Trinajstić information content (AvgIpc) is 2.28. The van der Waals surface area contributed by atoms with E-state index in [4.69, 9.17) is 5.73 Å². The van der Waals surface area contributed by atoms with E-state index in [2.05, 4.69) is 21.7 Å². The molecule has 0 aromatic heterocycles. The number of nitrogens with one attached hydrogen (secondary N) is 2. The number of hydrogen-bond acceptors (Lipinski definition) is 3. The van der Waals surface area contributed by atoms with Gasteiger partial charge in [-0.2, -0.15) is 13.1 Å². The lowest BCUT2D eigenvalue weighted by Crippen LogP contribution is -2.30. The van der Waals surface area contributed by atoms with Gasteiger partial charge in [0.2, 0.25) is 0 Å². The maximum absolute atomic E-state index is 13.3. The van der Waals surface area contributed by atoms with Gasteiger partial charge in [0.15, 0.2) is 0 Å². The summed E-state index contributed by atoms with van der Waals surface area (Å²) >= 11 is 4.67. The Labute approximate surface area is 111 Å². The van der Waals surface area contributed by atoms with Crippen molar-refractivity contribution in [2.24, 2.45) is 5.73 Å². The van der Waals surface area contributed by atoms with Crippen molar-refractivity contribution >= 4 is 33.1 Å². The number of hydrogen-bond donors (Lipinski definition) is 3. The van der Waals surface area contributed by atoms with Crippen molar-refractivity contribution in [1.82, 2.24) is 4.72 Å². The Balaban J connectivity index is 2.92. The van der Waals surface area contributed by atoms with E-state index in [0.29, 0.717) is 13.0 Å². The third-order valence-electron chi connectivity index (χ3n) is 2.03.